The van der Waals surface area contributed by atoms with Crippen molar-refractivity contribution in [1.29, 1.82) is 0 Å². The van der Waals surface area contributed by atoms with E-state index in [4.69, 9.17) is 13.6 Å². The van der Waals surface area contributed by atoms with E-state index in [2.05, 4.69) is 5.32 Å². The number of hydrogen-bond acceptors (Lipinski definition) is 6. The second-order valence-corrected chi connectivity index (χ2v) is 9.83. The number of amides is 1. The third-order valence-electron chi connectivity index (χ3n) is 3.03. The van der Waals surface area contributed by atoms with Crippen molar-refractivity contribution in [2.75, 3.05) is 0 Å². The van der Waals surface area contributed by atoms with Gasteiger partial charge in [0.05, 0.1) is 11.2 Å². The molecule has 1 atom stereocenters. The summed E-state index contributed by atoms with van der Waals surface area (Å²) in [6, 6.07) is 5.32. The Morgan fingerprint density at radius 1 is 1.04 bits per heavy atom. The number of aliphatic carboxylic acids is 1. The summed E-state index contributed by atoms with van der Waals surface area (Å²) < 4.78 is 29.8. The summed E-state index contributed by atoms with van der Waals surface area (Å²) in [6.07, 6.45) is 0.101. The average molecular weight is 415 g/mol. The van der Waals surface area contributed by atoms with Crippen LogP contribution in [-0.2, 0) is 29.6 Å². The molecular formula is C19H30NO7P. The van der Waals surface area contributed by atoms with Gasteiger partial charge in [0, 0.05) is 13.3 Å². The molecule has 8 nitrogen and oxygen atoms in total. The summed E-state index contributed by atoms with van der Waals surface area (Å²) in [4.78, 5) is 22.4. The van der Waals surface area contributed by atoms with E-state index < -0.39 is 36.9 Å². The zero-order chi connectivity index (χ0) is 21.8. The molecule has 1 aromatic rings. The molecule has 0 unspecified atom stereocenters. The lowest BCUT2D eigenvalue weighted by molar-refractivity contribution is -0.141. The topological polar surface area (TPSA) is 111 Å². The van der Waals surface area contributed by atoms with Gasteiger partial charge in [0.25, 0.3) is 0 Å². The third kappa shape index (κ3) is 9.35. The highest BCUT2D eigenvalue weighted by atomic mass is 31.2. The highest BCUT2D eigenvalue weighted by Crippen LogP contribution is 2.55. The number of benzene rings is 1. The Morgan fingerprint density at radius 3 is 1.86 bits per heavy atom. The van der Waals surface area contributed by atoms with E-state index in [-0.39, 0.29) is 12.2 Å². The number of nitrogens with one attached hydrogen (secondary N) is 1. The van der Waals surface area contributed by atoms with Crippen molar-refractivity contribution in [1.82, 2.24) is 5.32 Å². The number of phosphoric acid groups is 1. The molecule has 0 bridgehead atoms. The third-order valence-corrected chi connectivity index (χ3v) is 5.00. The fraction of sp³-hybridized carbons (Fsp3) is 0.579. The van der Waals surface area contributed by atoms with E-state index in [9.17, 15) is 19.3 Å². The summed E-state index contributed by atoms with van der Waals surface area (Å²) in [5.74, 6) is -1.30. The quantitative estimate of drug-likeness (QED) is 0.619. The maximum atomic E-state index is 13.1. The zero-order valence-corrected chi connectivity index (χ0v) is 18.3. The monoisotopic (exact) mass is 415 g/mol. The molecule has 0 radical (unpaired) electrons. The molecule has 1 amide bonds. The first-order chi connectivity index (χ1) is 12.6. The normalized spacial score (nSPS) is 13.7. The fourth-order valence-corrected chi connectivity index (χ4v) is 4.06. The first kappa shape index (κ1) is 24.1. The number of carboxylic acids is 1. The van der Waals surface area contributed by atoms with Crippen LogP contribution in [0.15, 0.2) is 24.3 Å². The minimum Gasteiger partial charge on any atom is -0.480 e. The van der Waals surface area contributed by atoms with Crippen LogP contribution in [0.1, 0.15) is 54.0 Å². The highest BCUT2D eigenvalue weighted by Gasteiger charge is 2.38. The van der Waals surface area contributed by atoms with Gasteiger partial charge in [-0.3, -0.25) is 13.8 Å². The van der Waals surface area contributed by atoms with Crippen LogP contribution in [0.25, 0.3) is 0 Å². The summed E-state index contributed by atoms with van der Waals surface area (Å²) in [6.45, 7) is 11.7. The van der Waals surface area contributed by atoms with E-state index in [1.165, 1.54) is 6.92 Å². The average Bonchev–Trinajstić information content (AvgIpc) is 2.43. The van der Waals surface area contributed by atoms with Crippen LogP contribution < -0.4 is 9.84 Å². The Bertz CT molecular complexity index is 712. The smallest absolute Gasteiger partial charge is 0.480 e. The number of phosphoric ester groups is 1. The van der Waals surface area contributed by atoms with E-state index >= 15 is 0 Å². The number of hydrogen-bond donors (Lipinski definition) is 2. The molecule has 0 saturated carbocycles. The minimum absolute atomic E-state index is 0.101. The summed E-state index contributed by atoms with van der Waals surface area (Å²) in [7, 11) is -3.91. The molecule has 0 aromatic heterocycles. The lowest BCUT2D eigenvalue weighted by Gasteiger charge is -2.30. The van der Waals surface area contributed by atoms with Crippen molar-refractivity contribution in [3.63, 3.8) is 0 Å². The van der Waals surface area contributed by atoms with Gasteiger partial charge in [0.2, 0.25) is 5.91 Å². The Kier molecular flexibility index (Phi) is 7.82. The van der Waals surface area contributed by atoms with Crippen LogP contribution in [-0.4, -0.2) is 34.2 Å². The number of carboxylic acid groups (broad SMARTS) is 1. The second-order valence-electron chi connectivity index (χ2n) is 8.39. The maximum Gasteiger partial charge on any atom is 0.531 e. The fourth-order valence-electron chi connectivity index (χ4n) is 2.22. The Balaban J connectivity index is 2.96. The van der Waals surface area contributed by atoms with Gasteiger partial charge in [-0.15, -0.1) is 0 Å². The van der Waals surface area contributed by atoms with Crippen molar-refractivity contribution >= 4 is 19.7 Å². The van der Waals surface area contributed by atoms with Gasteiger partial charge in [-0.25, -0.2) is 9.36 Å². The van der Waals surface area contributed by atoms with Crippen LogP contribution in [0, 0.1) is 0 Å². The van der Waals surface area contributed by atoms with Crippen LogP contribution in [0.3, 0.4) is 0 Å². The van der Waals surface area contributed by atoms with Crippen LogP contribution in [0.5, 0.6) is 5.75 Å². The SMILES string of the molecule is CC(=O)N[C@@H](Cc1ccc(OP(=O)(OC(C)(C)C)OC(C)(C)C)cc1)C(=O)O. The Hall–Kier alpha value is -1.89. The summed E-state index contributed by atoms with van der Waals surface area (Å²) >= 11 is 0. The molecule has 0 aliphatic heterocycles. The van der Waals surface area contributed by atoms with E-state index in [0.29, 0.717) is 5.56 Å². The van der Waals surface area contributed by atoms with Gasteiger partial charge in [0.1, 0.15) is 11.8 Å². The van der Waals surface area contributed by atoms with Gasteiger partial charge >= 0.3 is 13.8 Å². The van der Waals surface area contributed by atoms with Gasteiger partial charge in [-0.2, -0.15) is 0 Å². The Morgan fingerprint density at radius 2 is 1.50 bits per heavy atom. The second kappa shape index (κ2) is 9.07. The lowest BCUT2D eigenvalue weighted by Crippen LogP contribution is -2.41. The molecular weight excluding hydrogens is 385 g/mol. The first-order valence-electron chi connectivity index (χ1n) is 8.89. The van der Waals surface area contributed by atoms with E-state index in [1.54, 1.807) is 65.8 Å². The molecule has 1 rings (SSSR count). The lowest BCUT2D eigenvalue weighted by atomic mass is 10.1. The largest absolute Gasteiger partial charge is 0.531 e. The number of rotatable bonds is 8. The first-order valence-corrected chi connectivity index (χ1v) is 10.3. The van der Waals surface area contributed by atoms with Gasteiger partial charge in [-0.05, 0) is 59.2 Å². The molecule has 0 saturated heterocycles. The minimum atomic E-state index is -3.91. The van der Waals surface area contributed by atoms with Crippen molar-refractivity contribution in [3.8, 4) is 5.75 Å². The molecule has 1 aromatic carbocycles. The van der Waals surface area contributed by atoms with E-state index in [0.717, 1.165) is 0 Å². The van der Waals surface area contributed by atoms with Gasteiger partial charge in [0.15, 0.2) is 0 Å². The molecule has 2 N–H and O–H groups in total. The number of carbonyl (C=O) groups is 2. The highest BCUT2D eigenvalue weighted by molar-refractivity contribution is 7.49. The molecule has 0 spiro atoms. The summed E-state index contributed by atoms with van der Waals surface area (Å²) in [5.41, 5.74) is -0.849. The van der Waals surface area contributed by atoms with Crippen molar-refractivity contribution in [3.05, 3.63) is 29.8 Å². The van der Waals surface area contributed by atoms with E-state index in [1.807, 2.05) is 0 Å². The molecule has 9 heteroatoms. The van der Waals surface area contributed by atoms with Gasteiger partial charge in [-0.1, -0.05) is 12.1 Å². The number of carbonyl (C=O) groups excluding carboxylic acids is 1. The molecule has 0 heterocycles. The van der Waals surface area contributed by atoms with Gasteiger partial charge < -0.3 is 14.9 Å². The van der Waals surface area contributed by atoms with Crippen LogP contribution in [0.2, 0.25) is 0 Å². The predicted molar refractivity (Wildman–Crippen MR) is 105 cm³/mol. The molecule has 0 aliphatic rings. The molecule has 28 heavy (non-hydrogen) atoms. The summed E-state index contributed by atoms with van der Waals surface area (Å²) in [5, 5.41) is 11.6. The van der Waals surface area contributed by atoms with Crippen molar-refractivity contribution in [2.24, 2.45) is 0 Å². The molecule has 0 aliphatic carbocycles. The molecule has 0 fully saturated rings. The van der Waals surface area contributed by atoms with Crippen molar-refractivity contribution in [2.45, 2.75) is 72.1 Å². The maximum absolute atomic E-state index is 13.1. The standard InChI is InChI=1S/C19H30NO7P/c1-13(21)20-16(17(22)23)12-14-8-10-15(11-9-14)25-28(24,26-18(2,3)4)27-19(5,6)7/h8-11,16H,12H2,1-7H3,(H,20,21)(H,22,23)/t16-/m0/s1. The predicted octanol–water partition coefficient (Wildman–Crippen LogP) is 3.94. The zero-order valence-electron chi connectivity index (χ0n) is 17.4. The van der Waals surface area contributed by atoms with Crippen molar-refractivity contribution < 1.29 is 32.8 Å². The van der Waals surface area contributed by atoms with Crippen LogP contribution >= 0.6 is 7.82 Å². The molecule has 158 valence electrons. The van der Waals surface area contributed by atoms with Crippen LogP contribution in [0.4, 0.5) is 0 Å². The Labute approximate surface area is 166 Å².